The van der Waals surface area contributed by atoms with Gasteiger partial charge in [0.15, 0.2) is 0 Å². The van der Waals surface area contributed by atoms with Gasteiger partial charge in [0.05, 0.1) is 18.6 Å². The average Bonchev–Trinajstić information content (AvgIpc) is 2.87. The summed E-state index contributed by atoms with van der Waals surface area (Å²) in [4.78, 5) is 22.6. The zero-order chi connectivity index (χ0) is 13.6. The van der Waals surface area contributed by atoms with Crippen LogP contribution in [0.5, 0.6) is 0 Å². The van der Waals surface area contributed by atoms with Crippen LogP contribution in [-0.4, -0.2) is 30.3 Å². The number of aliphatic hydroxyl groups excluding tert-OH is 1. The second-order valence-electron chi connectivity index (χ2n) is 5.30. The third-order valence-corrected chi connectivity index (χ3v) is 4.06. The third kappa shape index (κ3) is 3.28. The molecule has 1 saturated carbocycles. The maximum Gasteiger partial charge on any atom is 0.314 e. The molecular weight excluding hydrogens is 234 g/mol. The van der Waals surface area contributed by atoms with E-state index in [1.54, 1.807) is 6.92 Å². The van der Waals surface area contributed by atoms with Crippen LogP contribution < -0.4 is 0 Å². The smallest absolute Gasteiger partial charge is 0.314 e. The van der Waals surface area contributed by atoms with Gasteiger partial charge in [0.25, 0.3) is 0 Å². The normalized spacial score (nSPS) is 21.3. The first kappa shape index (κ1) is 15.1. The van der Waals surface area contributed by atoms with Crippen molar-refractivity contribution >= 4 is 5.97 Å². The fourth-order valence-electron chi connectivity index (χ4n) is 2.52. The number of nitroso groups, excluding NO2 is 1. The molecule has 0 radical (unpaired) electrons. The van der Waals surface area contributed by atoms with E-state index in [4.69, 9.17) is 4.74 Å². The Balaban J connectivity index is 2.70. The van der Waals surface area contributed by atoms with Gasteiger partial charge in [0.2, 0.25) is 0 Å². The molecule has 104 valence electrons. The van der Waals surface area contributed by atoms with Crippen molar-refractivity contribution in [2.75, 3.05) is 13.2 Å². The summed E-state index contributed by atoms with van der Waals surface area (Å²) < 4.78 is 5.45. The van der Waals surface area contributed by atoms with Crippen LogP contribution in [0.15, 0.2) is 5.18 Å². The number of esters is 1. The number of hydrogen-bond acceptors (Lipinski definition) is 5. The Labute approximate surface area is 108 Å². The van der Waals surface area contributed by atoms with E-state index in [2.05, 4.69) is 5.18 Å². The number of carbonyl (C=O) groups is 1. The molecule has 0 spiro atoms. The molecule has 1 aliphatic carbocycles. The van der Waals surface area contributed by atoms with Crippen LogP contribution in [-0.2, 0) is 9.53 Å². The minimum Gasteiger partial charge on any atom is -0.462 e. The lowest BCUT2D eigenvalue weighted by Crippen LogP contribution is -2.43. The molecule has 2 atom stereocenters. The molecule has 1 fully saturated rings. The van der Waals surface area contributed by atoms with Crippen LogP contribution in [0.4, 0.5) is 0 Å². The second-order valence-corrected chi connectivity index (χ2v) is 5.30. The molecule has 18 heavy (non-hydrogen) atoms. The van der Waals surface area contributed by atoms with Crippen molar-refractivity contribution in [3.05, 3.63) is 4.91 Å². The van der Waals surface area contributed by atoms with Crippen LogP contribution in [0.25, 0.3) is 0 Å². The van der Waals surface area contributed by atoms with E-state index in [9.17, 15) is 14.8 Å². The molecule has 2 unspecified atom stereocenters. The van der Waals surface area contributed by atoms with Gasteiger partial charge >= 0.3 is 5.97 Å². The molecule has 0 amide bonds. The Morgan fingerprint density at radius 3 is 2.56 bits per heavy atom. The van der Waals surface area contributed by atoms with Gasteiger partial charge in [-0.05, 0) is 38.5 Å². The molecule has 1 rings (SSSR count). The standard InChI is InChI=1S/C13H23NO4/c1-3-10(8-14-17)13(2,9-15)12(16)18-11-6-4-5-7-11/h10-11,15H,3-9H2,1-2H3. The Bertz CT molecular complexity index is 289. The quantitative estimate of drug-likeness (QED) is 0.560. The van der Waals surface area contributed by atoms with E-state index < -0.39 is 11.4 Å². The molecule has 0 heterocycles. The monoisotopic (exact) mass is 257 g/mol. The predicted molar refractivity (Wildman–Crippen MR) is 68.0 cm³/mol. The minimum absolute atomic E-state index is 0.0231. The van der Waals surface area contributed by atoms with Crippen LogP contribution in [0.3, 0.4) is 0 Å². The number of carbonyl (C=O) groups excluding carboxylic acids is 1. The van der Waals surface area contributed by atoms with Gasteiger partial charge in [-0.25, -0.2) is 0 Å². The van der Waals surface area contributed by atoms with Crippen molar-refractivity contribution in [1.29, 1.82) is 0 Å². The Kier molecular flexibility index (Phi) is 5.72. The summed E-state index contributed by atoms with van der Waals surface area (Å²) in [6.07, 6.45) is 4.56. The number of ether oxygens (including phenoxy) is 1. The number of hydrogen-bond donors (Lipinski definition) is 1. The molecule has 5 nitrogen and oxygen atoms in total. The van der Waals surface area contributed by atoms with Crippen LogP contribution >= 0.6 is 0 Å². The molecule has 0 aromatic heterocycles. The van der Waals surface area contributed by atoms with Gasteiger partial charge in [0, 0.05) is 0 Å². The highest BCUT2D eigenvalue weighted by Gasteiger charge is 2.42. The maximum absolute atomic E-state index is 12.2. The molecule has 1 aliphatic rings. The van der Waals surface area contributed by atoms with E-state index in [1.807, 2.05) is 6.92 Å². The van der Waals surface area contributed by atoms with E-state index in [1.165, 1.54) is 0 Å². The van der Waals surface area contributed by atoms with E-state index in [-0.39, 0.29) is 25.2 Å². The van der Waals surface area contributed by atoms with Gasteiger partial charge in [-0.15, -0.1) is 0 Å². The lowest BCUT2D eigenvalue weighted by molar-refractivity contribution is -0.166. The Morgan fingerprint density at radius 2 is 2.11 bits per heavy atom. The van der Waals surface area contributed by atoms with Gasteiger partial charge in [-0.3, -0.25) is 4.79 Å². The van der Waals surface area contributed by atoms with Gasteiger partial charge in [-0.1, -0.05) is 18.5 Å². The summed E-state index contributed by atoms with van der Waals surface area (Å²) in [5, 5.41) is 12.4. The highest BCUT2D eigenvalue weighted by atomic mass is 16.5. The first-order valence-corrected chi connectivity index (χ1v) is 6.69. The number of rotatable bonds is 7. The summed E-state index contributed by atoms with van der Waals surface area (Å²) >= 11 is 0. The SMILES string of the molecule is CCC(CN=O)C(C)(CO)C(=O)OC1CCCC1. The Morgan fingerprint density at radius 1 is 1.50 bits per heavy atom. The van der Waals surface area contributed by atoms with Crippen molar-refractivity contribution < 1.29 is 14.6 Å². The van der Waals surface area contributed by atoms with E-state index >= 15 is 0 Å². The number of aliphatic hydroxyl groups is 1. The molecule has 0 aliphatic heterocycles. The molecule has 0 aromatic rings. The maximum atomic E-state index is 12.2. The molecular formula is C13H23NO4. The van der Waals surface area contributed by atoms with Crippen molar-refractivity contribution in [2.45, 2.75) is 52.1 Å². The molecule has 1 N–H and O–H groups in total. The van der Waals surface area contributed by atoms with Crippen molar-refractivity contribution in [3.63, 3.8) is 0 Å². The second kappa shape index (κ2) is 6.83. The highest BCUT2D eigenvalue weighted by Crippen LogP contribution is 2.33. The lowest BCUT2D eigenvalue weighted by atomic mass is 9.76. The molecule has 5 heteroatoms. The summed E-state index contributed by atoms with van der Waals surface area (Å²) in [7, 11) is 0. The van der Waals surface area contributed by atoms with Gasteiger partial charge < -0.3 is 9.84 Å². The minimum atomic E-state index is -1.02. The molecule has 0 bridgehead atoms. The molecule has 0 aromatic carbocycles. The largest absolute Gasteiger partial charge is 0.462 e. The summed E-state index contributed by atoms with van der Waals surface area (Å²) in [6, 6.07) is 0. The van der Waals surface area contributed by atoms with Crippen molar-refractivity contribution in [1.82, 2.24) is 0 Å². The molecule has 0 saturated heterocycles. The van der Waals surface area contributed by atoms with Crippen LogP contribution in [0.1, 0.15) is 46.0 Å². The van der Waals surface area contributed by atoms with E-state index in [0.717, 1.165) is 25.7 Å². The van der Waals surface area contributed by atoms with Gasteiger partial charge in [0.1, 0.15) is 6.10 Å². The van der Waals surface area contributed by atoms with Gasteiger partial charge in [-0.2, -0.15) is 4.91 Å². The van der Waals surface area contributed by atoms with Crippen LogP contribution in [0.2, 0.25) is 0 Å². The first-order chi connectivity index (χ1) is 8.58. The summed E-state index contributed by atoms with van der Waals surface area (Å²) in [5.41, 5.74) is -1.02. The fraction of sp³-hybridized carbons (Fsp3) is 0.923. The van der Waals surface area contributed by atoms with E-state index in [0.29, 0.717) is 6.42 Å². The Hall–Kier alpha value is -0.970. The predicted octanol–water partition coefficient (Wildman–Crippen LogP) is 2.26. The van der Waals surface area contributed by atoms with Crippen LogP contribution in [0, 0.1) is 16.2 Å². The number of nitrogens with zero attached hydrogens (tertiary/aromatic N) is 1. The average molecular weight is 257 g/mol. The lowest BCUT2D eigenvalue weighted by Gasteiger charge is -2.32. The zero-order valence-electron chi connectivity index (χ0n) is 11.2. The van der Waals surface area contributed by atoms with Crippen molar-refractivity contribution in [3.8, 4) is 0 Å². The third-order valence-electron chi connectivity index (χ3n) is 4.06. The fourth-order valence-corrected chi connectivity index (χ4v) is 2.52. The summed E-state index contributed by atoms with van der Waals surface area (Å²) in [6.45, 7) is 3.26. The topological polar surface area (TPSA) is 76.0 Å². The summed E-state index contributed by atoms with van der Waals surface area (Å²) in [5.74, 6) is -0.665. The van der Waals surface area contributed by atoms with Crippen molar-refractivity contribution in [2.24, 2.45) is 16.5 Å². The first-order valence-electron chi connectivity index (χ1n) is 6.69. The zero-order valence-corrected chi connectivity index (χ0v) is 11.2. The highest BCUT2D eigenvalue weighted by molar-refractivity contribution is 5.77.